The maximum Gasteiger partial charge on any atom is 0.326 e. The maximum absolute atomic E-state index is 15.2. The molecular formula is C39H32BrFN4O6. The highest BCUT2D eigenvalue weighted by molar-refractivity contribution is 9.10. The van der Waals surface area contributed by atoms with Crippen molar-refractivity contribution in [2.75, 3.05) is 17.7 Å². The van der Waals surface area contributed by atoms with E-state index in [1.807, 2.05) is 42.5 Å². The average Bonchev–Trinajstić information content (AvgIpc) is 3.55. The normalized spacial score (nSPS) is 11.5. The van der Waals surface area contributed by atoms with Crippen LogP contribution in [-0.4, -0.2) is 41.0 Å². The molecule has 0 bridgehead atoms. The number of ether oxygens (including phenoxy) is 1. The zero-order valence-electron chi connectivity index (χ0n) is 27.3. The standard InChI is InChI=1S/C39H32BrFN4O6/c1-50-34-16-11-26(20-29(34)40)37(47)43-28-12-7-24(8-13-28)22-42-31-14-10-27(21-30(31)41)38-45-32-18-25(9-15-35(32)51-38)19-36(46)44-33(39(48)49)17-23-5-3-2-4-6-23/h2-16,18,20-21,33,42H,17,19,22H2,1H3,(H,43,47)(H,44,46)(H,48,49)/t33-/m0/s1. The summed E-state index contributed by atoms with van der Waals surface area (Å²) in [5.41, 5.74) is 5.05. The molecule has 0 unspecified atom stereocenters. The van der Waals surface area contributed by atoms with Crippen LogP contribution < -0.4 is 20.7 Å². The molecular weight excluding hydrogens is 719 g/mol. The first-order valence-corrected chi connectivity index (χ1v) is 16.7. The predicted octanol–water partition coefficient (Wildman–Crippen LogP) is 7.62. The number of carbonyl (C=O) groups is 3. The van der Waals surface area contributed by atoms with Crippen molar-refractivity contribution in [1.82, 2.24) is 10.3 Å². The van der Waals surface area contributed by atoms with Crippen LogP contribution in [0.15, 0.2) is 118 Å². The number of aromatic nitrogens is 1. The van der Waals surface area contributed by atoms with Gasteiger partial charge in [-0.25, -0.2) is 14.2 Å². The van der Waals surface area contributed by atoms with Crippen LogP contribution in [0.2, 0.25) is 0 Å². The Balaban J connectivity index is 1.04. The molecule has 2 amide bonds. The van der Waals surface area contributed by atoms with Crippen LogP contribution in [0, 0.1) is 5.82 Å². The van der Waals surface area contributed by atoms with Gasteiger partial charge in [-0.05, 0) is 93.3 Å². The Labute approximate surface area is 300 Å². The van der Waals surface area contributed by atoms with Crippen LogP contribution in [0.1, 0.15) is 27.0 Å². The van der Waals surface area contributed by atoms with Crippen molar-refractivity contribution in [3.8, 4) is 17.2 Å². The minimum atomic E-state index is -1.12. The van der Waals surface area contributed by atoms with Crippen molar-refractivity contribution in [3.05, 3.63) is 142 Å². The van der Waals surface area contributed by atoms with Gasteiger partial charge in [-0.15, -0.1) is 0 Å². The highest BCUT2D eigenvalue weighted by atomic mass is 79.9. The van der Waals surface area contributed by atoms with Gasteiger partial charge in [-0.3, -0.25) is 9.59 Å². The zero-order chi connectivity index (χ0) is 35.9. The van der Waals surface area contributed by atoms with E-state index in [4.69, 9.17) is 9.15 Å². The van der Waals surface area contributed by atoms with Crippen molar-refractivity contribution in [3.63, 3.8) is 0 Å². The molecule has 0 aliphatic rings. The number of carboxylic acids is 1. The maximum atomic E-state index is 15.2. The van der Waals surface area contributed by atoms with Crippen LogP contribution in [0.3, 0.4) is 0 Å². The van der Waals surface area contributed by atoms with Crippen LogP contribution >= 0.6 is 15.9 Å². The smallest absolute Gasteiger partial charge is 0.326 e. The lowest BCUT2D eigenvalue weighted by Gasteiger charge is -2.14. The van der Waals surface area contributed by atoms with Gasteiger partial charge in [0.1, 0.15) is 23.1 Å². The number of anilines is 2. The Hall–Kier alpha value is -6.01. The molecule has 1 atom stereocenters. The van der Waals surface area contributed by atoms with Gasteiger partial charge in [0.25, 0.3) is 5.91 Å². The zero-order valence-corrected chi connectivity index (χ0v) is 28.9. The number of oxazole rings is 1. The van der Waals surface area contributed by atoms with Gasteiger partial charge in [-0.1, -0.05) is 48.5 Å². The van der Waals surface area contributed by atoms with E-state index in [0.717, 1.165) is 11.1 Å². The number of benzene rings is 5. The second-order valence-electron chi connectivity index (χ2n) is 11.7. The number of methoxy groups -OCH3 is 1. The third kappa shape index (κ3) is 8.78. The van der Waals surface area contributed by atoms with Gasteiger partial charge >= 0.3 is 5.97 Å². The molecule has 6 aromatic rings. The quantitative estimate of drug-likeness (QED) is 0.0945. The number of aliphatic carboxylic acids is 1. The third-order valence-corrected chi connectivity index (χ3v) is 8.68. The van der Waals surface area contributed by atoms with Crippen molar-refractivity contribution >= 4 is 56.2 Å². The van der Waals surface area contributed by atoms with Crippen molar-refractivity contribution in [2.24, 2.45) is 0 Å². The number of carboxylic acid groups (broad SMARTS) is 1. The first kappa shape index (κ1) is 34.8. The van der Waals surface area contributed by atoms with Gasteiger partial charge in [0.2, 0.25) is 11.8 Å². The Morgan fingerprint density at radius 3 is 2.37 bits per heavy atom. The van der Waals surface area contributed by atoms with Gasteiger partial charge in [0.05, 0.1) is 23.7 Å². The molecule has 0 fully saturated rings. The number of nitrogens with one attached hydrogen (secondary N) is 3. The lowest BCUT2D eigenvalue weighted by atomic mass is 10.1. The summed E-state index contributed by atoms with van der Waals surface area (Å²) in [4.78, 5) is 41.7. The molecule has 0 spiro atoms. The number of hydrogen-bond donors (Lipinski definition) is 4. The molecule has 1 aromatic heterocycles. The van der Waals surface area contributed by atoms with E-state index in [1.165, 1.54) is 6.07 Å². The van der Waals surface area contributed by atoms with E-state index in [-0.39, 0.29) is 30.3 Å². The number of amides is 2. The number of carbonyl (C=O) groups excluding carboxylic acids is 2. The number of fused-ring (bicyclic) bond motifs is 1. The first-order valence-electron chi connectivity index (χ1n) is 15.9. The summed E-state index contributed by atoms with van der Waals surface area (Å²) >= 11 is 3.39. The molecule has 6 rings (SSSR count). The second kappa shape index (κ2) is 15.7. The van der Waals surface area contributed by atoms with E-state index in [9.17, 15) is 19.5 Å². The highest BCUT2D eigenvalue weighted by Crippen LogP contribution is 2.29. The summed E-state index contributed by atoms with van der Waals surface area (Å²) in [7, 11) is 1.55. The van der Waals surface area contributed by atoms with E-state index in [0.29, 0.717) is 50.2 Å². The van der Waals surface area contributed by atoms with Crippen LogP contribution in [-0.2, 0) is 29.0 Å². The van der Waals surface area contributed by atoms with E-state index < -0.39 is 23.7 Å². The van der Waals surface area contributed by atoms with Gasteiger partial charge in [0.15, 0.2) is 5.58 Å². The van der Waals surface area contributed by atoms with Crippen molar-refractivity contribution < 1.29 is 33.0 Å². The number of halogens is 2. The number of rotatable bonds is 13. The summed E-state index contributed by atoms with van der Waals surface area (Å²) in [6.45, 7) is 0.342. The van der Waals surface area contributed by atoms with E-state index in [2.05, 4.69) is 36.9 Å². The molecule has 1 heterocycles. The largest absolute Gasteiger partial charge is 0.496 e. The summed E-state index contributed by atoms with van der Waals surface area (Å²) < 4.78 is 26.9. The molecule has 0 aliphatic carbocycles. The molecule has 10 nitrogen and oxygen atoms in total. The Kier molecular flexibility index (Phi) is 10.7. The van der Waals surface area contributed by atoms with Gasteiger partial charge < -0.3 is 30.2 Å². The molecule has 0 saturated carbocycles. The average molecular weight is 752 g/mol. The summed E-state index contributed by atoms with van der Waals surface area (Å²) in [6, 6.07) is 30.0. The SMILES string of the molecule is COc1ccc(C(=O)Nc2ccc(CNc3ccc(-c4nc5cc(CC(=O)N[C@@H](Cc6ccccc6)C(=O)O)ccc5o4)cc3F)cc2)cc1Br. The van der Waals surface area contributed by atoms with E-state index >= 15 is 4.39 Å². The lowest BCUT2D eigenvalue weighted by molar-refractivity contribution is -0.141. The molecule has 51 heavy (non-hydrogen) atoms. The molecule has 0 radical (unpaired) electrons. The predicted molar refractivity (Wildman–Crippen MR) is 195 cm³/mol. The van der Waals surface area contributed by atoms with Gasteiger partial charge in [-0.2, -0.15) is 0 Å². The first-order chi connectivity index (χ1) is 24.6. The second-order valence-corrected chi connectivity index (χ2v) is 12.5. The summed E-state index contributed by atoms with van der Waals surface area (Å²) in [5, 5.41) is 18.2. The monoisotopic (exact) mass is 750 g/mol. The molecule has 0 saturated heterocycles. The fraction of sp³-hybridized carbons (Fsp3) is 0.128. The minimum absolute atomic E-state index is 0.0507. The Morgan fingerprint density at radius 2 is 1.67 bits per heavy atom. The lowest BCUT2D eigenvalue weighted by Crippen LogP contribution is -2.43. The van der Waals surface area contributed by atoms with Crippen molar-refractivity contribution in [2.45, 2.75) is 25.4 Å². The van der Waals surface area contributed by atoms with Crippen LogP contribution in [0.5, 0.6) is 5.75 Å². The molecule has 4 N–H and O–H groups in total. The number of hydrogen-bond acceptors (Lipinski definition) is 7. The molecule has 5 aromatic carbocycles. The number of nitrogens with zero attached hydrogens (tertiary/aromatic N) is 1. The van der Waals surface area contributed by atoms with Gasteiger partial charge in [0, 0.05) is 29.8 Å². The van der Waals surface area contributed by atoms with Crippen LogP contribution in [0.25, 0.3) is 22.6 Å². The fourth-order valence-corrected chi connectivity index (χ4v) is 5.93. The molecule has 0 aliphatic heterocycles. The fourth-order valence-electron chi connectivity index (χ4n) is 5.39. The molecule has 258 valence electrons. The summed E-state index contributed by atoms with van der Waals surface area (Å²) in [5.74, 6) is -1.47. The molecule has 12 heteroatoms. The van der Waals surface area contributed by atoms with Crippen LogP contribution in [0.4, 0.5) is 15.8 Å². The third-order valence-electron chi connectivity index (χ3n) is 8.06. The Bertz CT molecular complexity index is 2210. The topological polar surface area (TPSA) is 143 Å². The minimum Gasteiger partial charge on any atom is -0.496 e. The van der Waals surface area contributed by atoms with Crippen molar-refractivity contribution in [1.29, 1.82) is 0 Å². The Morgan fingerprint density at radius 1 is 0.902 bits per heavy atom. The van der Waals surface area contributed by atoms with E-state index in [1.54, 1.807) is 67.8 Å². The summed E-state index contributed by atoms with van der Waals surface area (Å²) in [6.07, 6.45) is 0.114. The highest BCUT2D eigenvalue weighted by Gasteiger charge is 2.21.